The van der Waals surface area contributed by atoms with Gasteiger partial charge in [-0.25, -0.2) is 9.59 Å². The van der Waals surface area contributed by atoms with Crippen molar-refractivity contribution in [3.05, 3.63) is 0 Å². The molecule has 7 nitrogen and oxygen atoms in total. The molecule has 200 valence electrons. The number of rotatable bonds is 8. The van der Waals surface area contributed by atoms with Gasteiger partial charge in [-0.2, -0.15) is 26.3 Å². The number of carbonyl (C=O) groups is 3. The summed E-state index contributed by atoms with van der Waals surface area (Å²) in [6.07, 6.45) is -11.9. The van der Waals surface area contributed by atoms with E-state index in [0.29, 0.717) is 0 Å². The van der Waals surface area contributed by atoms with Gasteiger partial charge in [0.25, 0.3) is 0 Å². The molecule has 0 saturated carbocycles. The number of hydrogen-bond acceptors (Lipinski definition) is 4. The van der Waals surface area contributed by atoms with E-state index in [1.165, 1.54) is 62.3 Å². The van der Waals surface area contributed by atoms with Crippen molar-refractivity contribution >= 4 is 17.9 Å². The summed E-state index contributed by atoms with van der Waals surface area (Å²) in [4.78, 5) is 38.4. The maximum absolute atomic E-state index is 13.7. The maximum atomic E-state index is 13.7. The highest BCUT2D eigenvalue weighted by Gasteiger charge is 2.64. The second-order valence-electron chi connectivity index (χ2n) is 9.87. The van der Waals surface area contributed by atoms with Crippen LogP contribution in [0.1, 0.15) is 62.3 Å². The van der Waals surface area contributed by atoms with Crippen LogP contribution >= 0.6 is 0 Å². The van der Waals surface area contributed by atoms with Gasteiger partial charge < -0.3 is 20.3 Å². The topological polar surface area (TPSA) is 87.7 Å². The van der Waals surface area contributed by atoms with Crippen molar-refractivity contribution in [1.82, 2.24) is 15.5 Å². The molecule has 0 bridgehead atoms. The average Bonchev–Trinajstić information content (AvgIpc) is 2.53. The molecule has 0 spiro atoms. The number of amides is 3. The third kappa shape index (κ3) is 9.57. The Bertz CT molecular complexity index is 701. The van der Waals surface area contributed by atoms with E-state index in [1.807, 2.05) is 5.32 Å². The predicted molar refractivity (Wildman–Crippen MR) is 113 cm³/mol. The lowest BCUT2D eigenvalue weighted by Gasteiger charge is -2.40. The highest BCUT2D eigenvalue weighted by molar-refractivity contribution is 5.91. The highest BCUT2D eigenvalue weighted by atomic mass is 19.4. The minimum Gasteiger partial charge on any atom is -0.458 e. The van der Waals surface area contributed by atoms with Gasteiger partial charge in [0.1, 0.15) is 17.7 Å². The largest absolute Gasteiger partial charge is 0.458 e. The van der Waals surface area contributed by atoms with Crippen molar-refractivity contribution in [2.75, 3.05) is 0 Å². The number of alkyl halides is 6. The van der Waals surface area contributed by atoms with E-state index in [1.54, 1.807) is 0 Å². The lowest BCUT2D eigenvalue weighted by Crippen LogP contribution is -2.65. The van der Waals surface area contributed by atoms with Crippen molar-refractivity contribution in [2.24, 2.45) is 11.8 Å². The summed E-state index contributed by atoms with van der Waals surface area (Å²) in [5.41, 5.74) is -1.03. The van der Waals surface area contributed by atoms with Gasteiger partial charge in [-0.05, 0) is 54.4 Å². The summed E-state index contributed by atoms with van der Waals surface area (Å²) in [6, 6.07) is -7.76. The van der Waals surface area contributed by atoms with Gasteiger partial charge in [0.2, 0.25) is 5.91 Å². The quantitative estimate of drug-likeness (QED) is 0.377. The normalized spacial score (nSPS) is 14.9. The first-order valence-electron chi connectivity index (χ1n) is 10.8. The van der Waals surface area contributed by atoms with E-state index >= 15 is 0 Å². The Morgan fingerprint density at radius 3 is 1.53 bits per heavy atom. The third-order valence-electron chi connectivity index (χ3n) is 4.42. The molecule has 0 unspecified atom stereocenters. The molecule has 2 atom stereocenters. The standard InChI is InChI=1S/C21H35F6N3O4/c1-10(2)13(17(32)34-19(7,8)9)29-16(31)14(15(20(22,23)24)21(25,26)27)30(12(5)6)18(33)28-11(3)4/h10-15H,1-9H3,(H,28,33)(H,29,31)/t13-,14-/m0/s1. The molecule has 0 aromatic rings. The van der Waals surface area contributed by atoms with E-state index in [4.69, 9.17) is 4.74 Å². The molecule has 2 N–H and O–H groups in total. The van der Waals surface area contributed by atoms with Gasteiger partial charge in [0, 0.05) is 12.1 Å². The van der Waals surface area contributed by atoms with Crippen LogP contribution in [0.4, 0.5) is 31.1 Å². The number of nitrogens with zero attached hydrogens (tertiary/aromatic N) is 1. The summed E-state index contributed by atoms with van der Waals surface area (Å²) >= 11 is 0. The Morgan fingerprint density at radius 1 is 0.794 bits per heavy atom. The first-order chi connectivity index (χ1) is 15.0. The Balaban J connectivity index is 6.66. The summed E-state index contributed by atoms with van der Waals surface area (Å²) in [6.45, 7) is 12.6. The van der Waals surface area contributed by atoms with Crippen LogP contribution in [0.2, 0.25) is 0 Å². The van der Waals surface area contributed by atoms with Crippen molar-refractivity contribution in [3.8, 4) is 0 Å². The Hall–Kier alpha value is -2.21. The maximum Gasteiger partial charge on any atom is 0.403 e. The second kappa shape index (κ2) is 11.5. The van der Waals surface area contributed by atoms with Gasteiger partial charge in [0.05, 0.1) is 0 Å². The Kier molecular flexibility index (Phi) is 10.7. The molecule has 34 heavy (non-hydrogen) atoms. The van der Waals surface area contributed by atoms with Crippen molar-refractivity contribution in [1.29, 1.82) is 0 Å². The molecule has 0 aliphatic rings. The van der Waals surface area contributed by atoms with Crippen LogP contribution in [0, 0.1) is 11.8 Å². The highest BCUT2D eigenvalue weighted by Crippen LogP contribution is 2.43. The van der Waals surface area contributed by atoms with Crippen LogP contribution in [0.15, 0.2) is 0 Å². The third-order valence-corrected chi connectivity index (χ3v) is 4.42. The van der Waals surface area contributed by atoms with Crippen LogP contribution in [-0.2, 0) is 14.3 Å². The fraction of sp³-hybridized carbons (Fsp3) is 0.857. The van der Waals surface area contributed by atoms with Gasteiger partial charge in [-0.15, -0.1) is 0 Å². The second-order valence-corrected chi connectivity index (χ2v) is 9.87. The van der Waals surface area contributed by atoms with E-state index in [-0.39, 0.29) is 4.90 Å². The predicted octanol–water partition coefficient (Wildman–Crippen LogP) is 4.41. The lowest BCUT2D eigenvalue weighted by molar-refractivity contribution is -0.295. The Morgan fingerprint density at radius 2 is 1.24 bits per heavy atom. The molecule has 0 heterocycles. The molecule has 3 amide bonds. The van der Waals surface area contributed by atoms with Gasteiger partial charge in [-0.1, -0.05) is 13.8 Å². The zero-order chi connectivity index (χ0) is 27.4. The molecular weight excluding hydrogens is 472 g/mol. The molecule has 0 fully saturated rings. The Labute approximate surface area is 195 Å². The summed E-state index contributed by atoms with van der Waals surface area (Å²) in [7, 11) is 0. The number of esters is 1. The molecule has 0 saturated heterocycles. The van der Waals surface area contributed by atoms with E-state index in [0.717, 1.165) is 0 Å². The van der Waals surface area contributed by atoms with Crippen LogP contribution in [0.3, 0.4) is 0 Å². The fourth-order valence-electron chi connectivity index (χ4n) is 3.09. The molecule has 0 aliphatic carbocycles. The molecule has 0 rings (SSSR count). The summed E-state index contributed by atoms with van der Waals surface area (Å²) in [5, 5.41) is 4.20. The molecular formula is C21H35F6N3O4. The van der Waals surface area contributed by atoms with Crippen LogP contribution in [0.25, 0.3) is 0 Å². The first-order valence-corrected chi connectivity index (χ1v) is 10.8. The van der Waals surface area contributed by atoms with Gasteiger partial charge in [-0.3, -0.25) is 4.79 Å². The van der Waals surface area contributed by atoms with Crippen LogP contribution in [-0.4, -0.2) is 64.9 Å². The van der Waals surface area contributed by atoms with Crippen molar-refractivity contribution in [2.45, 2.75) is 104 Å². The average molecular weight is 508 g/mol. The smallest absolute Gasteiger partial charge is 0.403 e. The fourth-order valence-corrected chi connectivity index (χ4v) is 3.09. The zero-order valence-electron chi connectivity index (χ0n) is 20.8. The molecule has 0 radical (unpaired) electrons. The minimum absolute atomic E-state index is 0.202. The van der Waals surface area contributed by atoms with E-state index < -0.39 is 71.9 Å². The van der Waals surface area contributed by atoms with E-state index in [2.05, 4.69) is 5.32 Å². The monoisotopic (exact) mass is 507 g/mol. The number of carbonyl (C=O) groups excluding carboxylic acids is 3. The number of halogens is 6. The molecule has 0 aliphatic heterocycles. The molecule has 0 aromatic heterocycles. The van der Waals surface area contributed by atoms with Crippen molar-refractivity contribution in [3.63, 3.8) is 0 Å². The summed E-state index contributed by atoms with van der Waals surface area (Å²) in [5.74, 6) is -7.76. The van der Waals surface area contributed by atoms with Crippen molar-refractivity contribution < 1.29 is 45.5 Å². The number of hydrogen-bond donors (Lipinski definition) is 2. The van der Waals surface area contributed by atoms with Gasteiger partial charge >= 0.3 is 24.4 Å². The first kappa shape index (κ1) is 31.8. The zero-order valence-corrected chi connectivity index (χ0v) is 20.8. The SMILES string of the molecule is CC(C)NC(=O)N(C(C)C)[C@H](C(=O)N[C@H](C(=O)OC(C)(C)C)C(C)C)C(C(F)(F)F)C(F)(F)F. The minimum atomic E-state index is -5.93. The number of urea groups is 1. The molecule has 13 heteroatoms. The lowest BCUT2D eigenvalue weighted by atomic mass is 9.93. The van der Waals surface area contributed by atoms with Crippen LogP contribution < -0.4 is 10.6 Å². The summed E-state index contributed by atoms with van der Waals surface area (Å²) < 4.78 is 87.4. The van der Waals surface area contributed by atoms with Gasteiger partial charge in [0.15, 0.2) is 5.92 Å². The van der Waals surface area contributed by atoms with Crippen LogP contribution in [0.5, 0.6) is 0 Å². The molecule has 0 aromatic carbocycles. The number of ether oxygens (including phenoxy) is 1. The van der Waals surface area contributed by atoms with E-state index in [9.17, 15) is 40.7 Å². The number of nitrogens with one attached hydrogen (secondary N) is 2.